The maximum absolute atomic E-state index is 12.2. The number of aliphatic hydroxyl groups excluding tert-OH is 1. The molecule has 1 fully saturated rings. The Morgan fingerprint density at radius 3 is 2.96 bits per heavy atom. The van der Waals surface area contributed by atoms with E-state index in [1.165, 1.54) is 0 Å². The predicted molar refractivity (Wildman–Crippen MR) is 107 cm³/mol. The van der Waals surface area contributed by atoms with Gasteiger partial charge in [0.1, 0.15) is 5.82 Å². The molecule has 3 heterocycles. The fourth-order valence-electron chi connectivity index (χ4n) is 3.73. The number of β-amino-alcohol motifs (C(OH)–C–C–N with tert-alkyl or cyclic N) is 1. The summed E-state index contributed by atoms with van der Waals surface area (Å²) in [7, 11) is 0. The zero-order valence-electron chi connectivity index (χ0n) is 15.8. The lowest BCUT2D eigenvalue weighted by molar-refractivity contribution is 0.0669. The van der Waals surface area contributed by atoms with Gasteiger partial charge < -0.3 is 10.1 Å². The summed E-state index contributed by atoms with van der Waals surface area (Å²) in [5, 5.41) is 14.1. The second kappa shape index (κ2) is 8.50. The molecule has 1 aromatic carbocycles. The first-order valence-corrected chi connectivity index (χ1v) is 9.74. The van der Waals surface area contributed by atoms with Gasteiger partial charge in [0, 0.05) is 50.1 Å². The third-order valence-corrected chi connectivity index (χ3v) is 5.10. The van der Waals surface area contributed by atoms with E-state index in [0.29, 0.717) is 25.3 Å². The van der Waals surface area contributed by atoms with E-state index in [2.05, 4.69) is 21.0 Å². The van der Waals surface area contributed by atoms with Gasteiger partial charge in [0.05, 0.1) is 11.8 Å². The fraction of sp³-hybridized carbons (Fsp3) is 0.381. The SMILES string of the molecule is O=c1cc(CCn2cccn2)nc(-c2ccccc2CN2CCCC(O)C2)[nH]1. The van der Waals surface area contributed by atoms with Crippen molar-refractivity contribution in [2.24, 2.45) is 0 Å². The summed E-state index contributed by atoms with van der Waals surface area (Å²) in [6.45, 7) is 3.06. The zero-order valence-corrected chi connectivity index (χ0v) is 15.8. The molecule has 0 saturated carbocycles. The minimum absolute atomic E-state index is 0.149. The highest BCUT2D eigenvalue weighted by Gasteiger charge is 2.19. The van der Waals surface area contributed by atoms with E-state index in [0.717, 1.165) is 42.8 Å². The van der Waals surface area contributed by atoms with Gasteiger partial charge in [-0.15, -0.1) is 0 Å². The molecule has 0 amide bonds. The summed E-state index contributed by atoms with van der Waals surface area (Å²) >= 11 is 0. The number of nitrogens with one attached hydrogen (secondary N) is 1. The molecule has 7 heteroatoms. The number of piperidine rings is 1. The maximum Gasteiger partial charge on any atom is 0.251 e. The van der Waals surface area contributed by atoms with E-state index < -0.39 is 0 Å². The number of aromatic nitrogens is 4. The number of rotatable bonds is 6. The van der Waals surface area contributed by atoms with Crippen LogP contribution in [0.25, 0.3) is 11.4 Å². The topological polar surface area (TPSA) is 87.0 Å². The molecular formula is C21H25N5O2. The van der Waals surface area contributed by atoms with Crippen LogP contribution in [0.15, 0.2) is 53.6 Å². The lowest BCUT2D eigenvalue weighted by atomic mass is 10.0. The van der Waals surface area contributed by atoms with Gasteiger partial charge in [-0.05, 0) is 31.0 Å². The molecule has 1 aliphatic heterocycles. The second-order valence-corrected chi connectivity index (χ2v) is 7.29. The van der Waals surface area contributed by atoms with E-state index in [1.807, 2.05) is 35.1 Å². The average molecular weight is 379 g/mol. The molecule has 2 N–H and O–H groups in total. The quantitative estimate of drug-likeness (QED) is 0.682. The molecule has 1 saturated heterocycles. The molecule has 0 aliphatic carbocycles. The zero-order chi connectivity index (χ0) is 19.3. The first-order chi connectivity index (χ1) is 13.7. The lowest BCUT2D eigenvalue weighted by Gasteiger charge is -2.30. The number of aromatic amines is 1. The average Bonchev–Trinajstić information content (AvgIpc) is 3.20. The summed E-state index contributed by atoms with van der Waals surface area (Å²) in [5.41, 5.74) is 2.63. The van der Waals surface area contributed by atoms with Crippen LogP contribution >= 0.6 is 0 Å². The molecule has 0 bridgehead atoms. The number of hydrogen-bond acceptors (Lipinski definition) is 5. The number of H-pyrrole nitrogens is 1. The third kappa shape index (κ3) is 4.55. The van der Waals surface area contributed by atoms with Crippen LogP contribution in [0.5, 0.6) is 0 Å². The summed E-state index contributed by atoms with van der Waals surface area (Å²) in [6.07, 6.45) is 5.89. The van der Waals surface area contributed by atoms with Crippen LogP contribution in [-0.4, -0.2) is 48.9 Å². The van der Waals surface area contributed by atoms with Crippen LogP contribution in [0.2, 0.25) is 0 Å². The van der Waals surface area contributed by atoms with Crippen LogP contribution in [0, 0.1) is 0 Å². The van der Waals surface area contributed by atoms with Crippen molar-refractivity contribution in [1.82, 2.24) is 24.6 Å². The van der Waals surface area contributed by atoms with Crippen molar-refractivity contribution in [3.63, 3.8) is 0 Å². The smallest absolute Gasteiger partial charge is 0.251 e. The van der Waals surface area contributed by atoms with E-state index >= 15 is 0 Å². The largest absolute Gasteiger partial charge is 0.392 e. The van der Waals surface area contributed by atoms with Crippen molar-refractivity contribution in [2.75, 3.05) is 13.1 Å². The van der Waals surface area contributed by atoms with E-state index in [-0.39, 0.29) is 11.7 Å². The molecule has 146 valence electrons. The molecule has 3 aromatic rings. The number of hydrogen-bond donors (Lipinski definition) is 2. The summed E-state index contributed by atoms with van der Waals surface area (Å²) in [6, 6.07) is 11.4. The first-order valence-electron chi connectivity index (χ1n) is 9.74. The Hall–Kier alpha value is -2.77. The monoisotopic (exact) mass is 379 g/mol. The van der Waals surface area contributed by atoms with Gasteiger partial charge in [-0.2, -0.15) is 5.10 Å². The van der Waals surface area contributed by atoms with Crippen LogP contribution < -0.4 is 5.56 Å². The Morgan fingerprint density at radius 1 is 1.25 bits per heavy atom. The number of aryl methyl sites for hydroxylation is 2. The van der Waals surface area contributed by atoms with Gasteiger partial charge >= 0.3 is 0 Å². The number of aliphatic hydroxyl groups is 1. The lowest BCUT2D eigenvalue weighted by Crippen LogP contribution is -2.37. The highest BCUT2D eigenvalue weighted by molar-refractivity contribution is 5.60. The number of nitrogens with zero attached hydrogens (tertiary/aromatic N) is 4. The third-order valence-electron chi connectivity index (χ3n) is 5.10. The highest BCUT2D eigenvalue weighted by atomic mass is 16.3. The Balaban J connectivity index is 1.57. The molecule has 1 atom stereocenters. The van der Waals surface area contributed by atoms with Gasteiger partial charge in [-0.25, -0.2) is 4.98 Å². The Morgan fingerprint density at radius 2 is 2.14 bits per heavy atom. The standard InChI is InChI=1S/C21H25N5O2/c27-18-6-3-10-25(15-18)14-16-5-1-2-7-19(16)21-23-17(13-20(28)24-21)8-12-26-11-4-9-22-26/h1-2,4-5,7,9,11,13,18,27H,3,6,8,10,12,14-15H2,(H,23,24,28). The normalized spacial score (nSPS) is 17.7. The minimum atomic E-state index is -0.260. The van der Waals surface area contributed by atoms with Crippen molar-refractivity contribution in [3.8, 4) is 11.4 Å². The summed E-state index contributed by atoms with van der Waals surface area (Å²) in [5.74, 6) is 0.594. The van der Waals surface area contributed by atoms with Gasteiger partial charge in [0.15, 0.2) is 0 Å². The van der Waals surface area contributed by atoms with Gasteiger partial charge in [-0.1, -0.05) is 24.3 Å². The predicted octanol–water partition coefficient (Wildman–Crippen LogP) is 1.83. The van der Waals surface area contributed by atoms with E-state index in [1.54, 1.807) is 12.3 Å². The second-order valence-electron chi connectivity index (χ2n) is 7.29. The summed E-state index contributed by atoms with van der Waals surface area (Å²) in [4.78, 5) is 22.1. The van der Waals surface area contributed by atoms with E-state index in [4.69, 9.17) is 4.98 Å². The molecule has 0 spiro atoms. The first kappa shape index (κ1) is 18.6. The Bertz CT molecular complexity index is 967. The van der Waals surface area contributed by atoms with Crippen molar-refractivity contribution in [2.45, 2.75) is 38.5 Å². The molecule has 28 heavy (non-hydrogen) atoms. The maximum atomic E-state index is 12.2. The Labute approximate surface area is 163 Å². The van der Waals surface area contributed by atoms with Crippen LogP contribution in [0.1, 0.15) is 24.1 Å². The van der Waals surface area contributed by atoms with Gasteiger partial charge in [-0.3, -0.25) is 14.4 Å². The van der Waals surface area contributed by atoms with Crippen molar-refractivity contribution in [3.05, 3.63) is 70.4 Å². The van der Waals surface area contributed by atoms with Crippen molar-refractivity contribution in [1.29, 1.82) is 0 Å². The van der Waals surface area contributed by atoms with Gasteiger partial charge in [0.25, 0.3) is 5.56 Å². The molecular weight excluding hydrogens is 354 g/mol. The molecule has 1 aliphatic rings. The number of benzene rings is 1. The van der Waals surface area contributed by atoms with E-state index in [9.17, 15) is 9.90 Å². The van der Waals surface area contributed by atoms with Crippen molar-refractivity contribution >= 4 is 0 Å². The minimum Gasteiger partial charge on any atom is -0.392 e. The molecule has 1 unspecified atom stereocenters. The molecule has 2 aromatic heterocycles. The molecule has 4 rings (SSSR count). The summed E-state index contributed by atoms with van der Waals surface area (Å²) < 4.78 is 1.83. The van der Waals surface area contributed by atoms with Gasteiger partial charge in [0.2, 0.25) is 0 Å². The Kier molecular flexibility index (Phi) is 5.64. The molecule has 0 radical (unpaired) electrons. The van der Waals surface area contributed by atoms with Crippen LogP contribution in [-0.2, 0) is 19.5 Å². The number of likely N-dealkylation sites (tertiary alicyclic amines) is 1. The van der Waals surface area contributed by atoms with Crippen LogP contribution in [0.4, 0.5) is 0 Å². The highest BCUT2D eigenvalue weighted by Crippen LogP contribution is 2.23. The van der Waals surface area contributed by atoms with Crippen molar-refractivity contribution < 1.29 is 5.11 Å². The fourth-order valence-corrected chi connectivity index (χ4v) is 3.73. The van der Waals surface area contributed by atoms with Crippen LogP contribution in [0.3, 0.4) is 0 Å². The molecule has 7 nitrogen and oxygen atoms in total.